The molecular formula is C17H16F3N7O. The van der Waals surface area contributed by atoms with Gasteiger partial charge in [-0.25, -0.2) is 0 Å². The predicted octanol–water partition coefficient (Wildman–Crippen LogP) is 2.45. The second-order valence-corrected chi connectivity index (χ2v) is 5.81. The summed E-state index contributed by atoms with van der Waals surface area (Å²) in [6.45, 7) is 1.91. The number of carbonyl (C=O) groups is 1. The standard InChI is InChI=1S/C17H16F3N7O/c1-2-3-14(28)23-11-5-7-13(22-9-11)16-26-24-15(25-27-16)12-6-4-10(8-21-12)17(18,19)20/h4-9H,2-3H2,1H3,(H,23,28)(H,24,25)(H,26,27). The number of amides is 1. The molecule has 0 bridgehead atoms. The summed E-state index contributed by atoms with van der Waals surface area (Å²) in [6, 6.07) is 5.43. The molecule has 8 nitrogen and oxygen atoms in total. The molecule has 0 saturated heterocycles. The number of aromatic nitrogens is 2. The fourth-order valence-corrected chi connectivity index (χ4v) is 2.26. The topological polar surface area (TPSA) is 104 Å². The zero-order valence-corrected chi connectivity index (χ0v) is 14.7. The molecule has 0 saturated carbocycles. The molecule has 0 fully saturated rings. The third kappa shape index (κ3) is 4.61. The summed E-state index contributed by atoms with van der Waals surface area (Å²) < 4.78 is 37.8. The van der Waals surface area contributed by atoms with E-state index in [0.717, 1.165) is 18.7 Å². The summed E-state index contributed by atoms with van der Waals surface area (Å²) in [5, 5.41) is 10.6. The Labute approximate surface area is 158 Å². The van der Waals surface area contributed by atoms with Gasteiger partial charge in [-0.15, -0.1) is 10.2 Å². The summed E-state index contributed by atoms with van der Waals surface area (Å²) in [5.41, 5.74) is 5.86. The molecular weight excluding hydrogens is 375 g/mol. The molecule has 0 atom stereocenters. The van der Waals surface area contributed by atoms with Crippen molar-refractivity contribution in [3.8, 4) is 0 Å². The van der Waals surface area contributed by atoms with E-state index in [9.17, 15) is 18.0 Å². The Morgan fingerprint density at radius 3 is 2.04 bits per heavy atom. The van der Waals surface area contributed by atoms with E-state index in [2.05, 4.69) is 36.3 Å². The zero-order chi connectivity index (χ0) is 20.1. The molecule has 1 aliphatic heterocycles. The average Bonchev–Trinajstić information content (AvgIpc) is 2.68. The quantitative estimate of drug-likeness (QED) is 0.726. The summed E-state index contributed by atoms with van der Waals surface area (Å²) in [6.07, 6.45) is -1.06. The molecule has 0 unspecified atom stereocenters. The van der Waals surface area contributed by atoms with Crippen LogP contribution in [0.3, 0.4) is 0 Å². The van der Waals surface area contributed by atoms with Crippen molar-refractivity contribution in [2.75, 3.05) is 5.32 Å². The number of hydrogen-bond acceptors (Lipinski definition) is 7. The molecule has 11 heteroatoms. The Hall–Kier alpha value is -3.50. The second kappa shape index (κ2) is 8.03. The van der Waals surface area contributed by atoms with Crippen LogP contribution in [0.2, 0.25) is 0 Å². The second-order valence-electron chi connectivity index (χ2n) is 5.81. The van der Waals surface area contributed by atoms with Crippen molar-refractivity contribution < 1.29 is 18.0 Å². The molecule has 1 amide bonds. The normalized spacial score (nSPS) is 13.7. The lowest BCUT2D eigenvalue weighted by Gasteiger charge is -2.16. The maximum absolute atomic E-state index is 12.6. The molecule has 3 heterocycles. The largest absolute Gasteiger partial charge is 0.417 e. The number of pyridine rings is 2. The van der Waals surface area contributed by atoms with Gasteiger partial charge in [-0.2, -0.15) is 13.2 Å². The van der Waals surface area contributed by atoms with Crippen molar-refractivity contribution in [2.45, 2.75) is 25.9 Å². The van der Waals surface area contributed by atoms with Crippen LogP contribution in [-0.4, -0.2) is 27.5 Å². The zero-order valence-electron chi connectivity index (χ0n) is 14.7. The van der Waals surface area contributed by atoms with Crippen LogP contribution in [0.4, 0.5) is 18.9 Å². The van der Waals surface area contributed by atoms with Crippen molar-refractivity contribution >= 4 is 23.3 Å². The van der Waals surface area contributed by atoms with Gasteiger partial charge >= 0.3 is 6.18 Å². The number of nitrogens with zero attached hydrogens (tertiary/aromatic N) is 4. The van der Waals surface area contributed by atoms with E-state index in [1.54, 1.807) is 12.1 Å². The van der Waals surface area contributed by atoms with Crippen molar-refractivity contribution in [1.29, 1.82) is 0 Å². The Balaban J connectivity index is 1.70. The van der Waals surface area contributed by atoms with Gasteiger partial charge in [-0.1, -0.05) is 6.92 Å². The molecule has 0 aliphatic carbocycles. The van der Waals surface area contributed by atoms with E-state index in [1.807, 2.05) is 6.92 Å². The number of amidine groups is 2. The number of rotatable bonds is 5. The van der Waals surface area contributed by atoms with Crippen LogP contribution >= 0.6 is 0 Å². The lowest BCUT2D eigenvalue weighted by atomic mass is 10.2. The highest BCUT2D eigenvalue weighted by molar-refractivity contribution is 6.04. The van der Waals surface area contributed by atoms with Gasteiger partial charge in [0.25, 0.3) is 0 Å². The Bertz CT molecular complexity index is 906. The lowest BCUT2D eigenvalue weighted by Crippen LogP contribution is -2.45. The maximum Gasteiger partial charge on any atom is 0.417 e. The van der Waals surface area contributed by atoms with Crippen molar-refractivity contribution in [3.63, 3.8) is 0 Å². The van der Waals surface area contributed by atoms with E-state index in [-0.39, 0.29) is 17.4 Å². The van der Waals surface area contributed by atoms with Crippen LogP contribution in [0.1, 0.15) is 36.7 Å². The summed E-state index contributed by atoms with van der Waals surface area (Å²) in [5.74, 6) is 0.383. The molecule has 2 aromatic heterocycles. The van der Waals surface area contributed by atoms with Gasteiger partial charge in [0.2, 0.25) is 5.91 Å². The number of hydrazine groups is 1. The van der Waals surface area contributed by atoms with Gasteiger partial charge in [0.1, 0.15) is 11.4 Å². The minimum Gasteiger partial charge on any atom is -0.325 e. The average molecular weight is 391 g/mol. The smallest absolute Gasteiger partial charge is 0.325 e. The number of carbonyl (C=O) groups excluding carboxylic acids is 1. The van der Waals surface area contributed by atoms with E-state index in [1.165, 1.54) is 12.3 Å². The maximum atomic E-state index is 12.6. The van der Waals surface area contributed by atoms with Crippen LogP contribution in [0.15, 0.2) is 46.9 Å². The summed E-state index contributed by atoms with van der Waals surface area (Å²) >= 11 is 0. The van der Waals surface area contributed by atoms with E-state index >= 15 is 0 Å². The molecule has 2 aromatic rings. The van der Waals surface area contributed by atoms with Crippen LogP contribution in [0.25, 0.3) is 0 Å². The van der Waals surface area contributed by atoms with Gasteiger partial charge in [-0.3, -0.25) is 25.6 Å². The van der Waals surface area contributed by atoms with Crippen molar-refractivity contribution in [3.05, 3.63) is 53.6 Å². The first-order valence-electron chi connectivity index (χ1n) is 8.34. The van der Waals surface area contributed by atoms with Crippen LogP contribution in [0, 0.1) is 0 Å². The number of hydrogen-bond donors (Lipinski definition) is 3. The van der Waals surface area contributed by atoms with Crippen LogP contribution in [0.5, 0.6) is 0 Å². The molecule has 0 spiro atoms. The Morgan fingerprint density at radius 1 is 1.00 bits per heavy atom. The predicted molar refractivity (Wildman–Crippen MR) is 96.4 cm³/mol. The number of nitrogens with one attached hydrogen (secondary N) is 3. The third-order valence-corrected chi connectivity index (χ3v) is 3.65. The monoisotopic (exact) mass is 391 g/mol. The molecule has 1 aliphatic rings. The first-order chi connectivity index (χ1) is 13.4. The number of alkyl halides is 3. The fourth-order valence-electron chi connectivity index (χ4n) is 2.26. The van der Waals surface area contributed by atoms with Gasteiger partial charge < -0.3 is 5.32 Å². The van der Waals surface area contributed by atoms with Gasteiger partial charge in [-0.05, 0) is 30.7 Å². The molecule has 0 aromatic carbocycles. The minimum atomic E-state index is -4.45. The van der Waals surface area contributed by atoms with E-state index in [0.29, 0.717) is 23.6 Å². The summed E-state index contributed by atoms with van der Waals surface area (Å²) in [4.78, 5) is 19.5. The number of anilines is 1. The lowest BCUT2D eigenvalue weighted by molar-refractivity contribution is -0.137. The van der Waals surface area contributed by atoms with Crippen molar-refractivity contribution in [2.24, 2.45) is 10.2 Å². The first-order valence-corrected chi connectivity index (χ1v) is 8.34. The van der Waals surface area contributed by atoms with Gasteiger partial charge in [0, 0.05) is 12.6 Å². The molecule has 28 heavy (non-hydrogen) atoms. The third-order valence-electron chi connectivity index (χ3n) is 3.65. The first kappa shape index (κ1) is 19.3. The van der Waals surface area contributed by atoms with E-state index in [4.69, 9.17) is 0 Å². The molecule has 3 rings (SSSR count). The molecule has 146 valence electrons. The number of halogens is 3. The Morgan fingerprint density at radius 2 is 1.61 bits per heavy atom. The van der Waals surface area contributed by atoms with Gasteiger partial charge in [0.05, 0.1) is 17.4 Å². The van der Waals surface area contributed by atoms with Gasteiger partial charge in [0.15, 0.2) is 11.7 Å². The van der Waals surface area contributed by atoms with Crippen molar-refractivity contribution in [1.82, 2.24) is 20.8 Å². The van der Waals surface area contributed by atoms with Crippen LogP contribution < -0.4 is 16.2 Å². The highest BCUT2D eigenvalue weighted by atomic mass is 19.4. The highest BCUT2D eigenvalue weighted by Crippen LogP contribution is 2.28. The molecule has 3 N–H and O–H groups in total. The summed E-state index contributed by atoms with van der Waals surface area (Å²) in [7, 11) is 0. The van der Waals surface area contributed by atoms with E-state index < -0.39 is 11.7 Å². The molecule has 0 radical (unpaired) electrons. The fraction of sp³-hybridized carbons (Fsp3) is 0.235. The SMILES string of the molecule is CCCC(=O)Nc1ccc(C2=NN=C(c3ccc(C(F)(F)F)cn3)NN2)nc1. The minimum absolute atomic E-state index is 0.0925. The highest BCUT2D eigenvalue weighted by Gasteiger charge is 2.31. The van der Waals surface area contributed by atoms with Crippen LogP contribution in [-0.2, 0) is 11.0 Å². The Kier molecular flexibility index (Phi) is 5.52.